The van der Waals surface area contributed by atoms with Crippen molar-refractivity contribution in [1.82, 2.24) is 0 Å². The Kier molecular flexibility index (Phi) is 6.70. The largest absolute Gasteiger partial charge is 0.490 e. The molecule has 0 radical (unpaired) electrons. The Balaban J connectivity index is 2.51. The average molecular weight is 269 g/mol. The predicted octanol–water partition coefficient (Wildman–Crippen LogP) is 1.10. The Morgan fingerprint density at radius 3 is 2.58 bits per heavy atom. The fourth-order valence-electron chi connectivity index (χ4n) is 1.39. The van der Waals surface area contributed by atoms with Crippen molar-refractivity contribution in [3.05, 3.63) is 23.8 Å². The Bertz CT molecular complexity index is 408. The summed E-state index contributed by atoms with van der Waals surface area (Å²) in [5, 5.41) is 0. The molecule has 0 saturated heterocycles. The van der Waals surface area contributed by atoms with Crippen LogP contribution in [0.1, 0.15) is 10.4 Å². The third kappa shape index (κ3) is 5.15. The fourth-order valence-corrected chi connectivity index (χ4v) is 1.39. The van der Waals surface area contributed by atoms with Crippen molar-refractivity contribution in [1.29, 1.82) is 0 Å². The third-order valence-electron chi connectivity index (χ3n) is 2.33. The van der Waals surface area contributed by atoms with E-state index in [0.717, 1.165) is 0 Å². The minimum Gasteiger partial charge on any atom is -0.490 e. The van der Waals surface area contributed by atoms with E-state index in [1.54, 1.807) is 25.3 Å². The number of hydrogen-bond donors (Lipinski definition) is 1. The summed E-state index contributed by atoms with van der Waals surface area (Å²) < 4.78 is 20.2. The zero-order chi connectivity index (χ0) is 14.1. The van der Waals surface area contributed by atoms with Crippen molar-refractivity contribution in [2.75, 3.05) is 46.4 Å². The molecule has 19 heavy (non-hydrogen) atoms. The lowest BCUT2D eigenvalue weighted by molar-refractivity contribution is 0.0524. The minimum atomic E-state index is -0.463. The van der Waals surface area contributed by atoms with Gasteiger partial charge in [0.15, 0.2) is 0 Å². The van der Waals surface area contributed by atoms with Crippen LogP contribution in [0.4, 0.5) is 5.69 Å². The molecule has 0 aliphatic heterocycles. The summed E-state index contributed by atoms with van der Waals surface area (Å²) in [4.78, 5) is 11.5. The molecule has 1 aromatic rings. The molecule has 106 valence electrons. The first-order valence-electron chi connectivity index (χ1n) is 5.86. The van der Waals surface area contributed by atoms with Gasteiger partial charge in [0.25, 0.3) is 0 Å². The summed E-state index contributed by atoms with van der Waals surface area (Å²) in [6.45, 7) is 1.75. The predicted molar refractivity (Wildman–Crippen MR) is 70.4 cm³/mol. The van der Waals surface area contributed by atoms with E-state index in [1.165, 1.54) is 7.11 Å². The molecule has 1 aromatic carbocycles. The van der Waals surface area contributed by atoms with Crippen molar-refractivity contribution in [3.8, 4) is 5.75 Å². The number of esters is 1. The molecule has 6 heteroatoms. The number of nitrogens with two attached hydrogens (primary N) is 1. The zero-order valence-corrected chi connectivity index (χ0v) is 11.2. The second-order valence-electron chi connectivity index (χ2n) is 3.70. The van der Waals surface area contributed by atoms with E-state index in [-0.39, 0.29) is 0 Å². The highest BCUT2D eigenvalue weighted by molar-refractivity contribution is 5.93. The number of carbonyl (C=O) groups is 1. The van der Waals surface area contributed by atoms with Gasteiger partial charge in [-0.15, -0.1) is 0 Å². The molecule has 0 aromatic heterocycles. The van der Waals surface area contributed by atoms with E-state index < -0.39 is 5.97 Å². The maximum Gasteiger partial charge on any atom is 0.341 e. The van der Waals surface area contributed by atoms with E-state index >= 15 is 0 Å². The van der Waals surface area contributed by atoms with Crippen LogP contribution in [0.15, 0.2) is 18.2 Å². The summed E-state index contributed by atoms with van der Waals surface area (Å²) in [5.41, 5.74) is 6.52. The molecule has 6 nitrogen and oxygen atoms in total. The highest BCUT2D eigenvalue weighted by Gasteiger charge is 2.13. The molecule has 0 fully saturated rings. The zero-order valence-electron chi connectivity index (χ0n) is 11.2. The van der Waals surface area contributed by atoms with E-state index in [4.69, 9.17) is 19.9 Å². The second kappa shape index (κ2) is 8.34. The SMILES string of the molecule is COCCOCCOc1cc(N)ccc1C(=O)OC. The van der Waals surface area contributed by atoms with Gasteiger partial charge in [-0.25, -0.2) is 4.79 Å². The van der Waals surface area contributed by atoms with Crippen LogP contribution in [0, 0.1) is 0 Å². The van der Waals surface area contributed by atoms with E-state index in [9.17, 15) is 4.79 Å². The summed E-state index contributed by atoms with van der Waals surface area (Å²) in [7, 11) is 2.92. The highest BCUT2D eigenvalue weighted by atomic mass is 16.5. The molecular weight excluding hydrogens is 250 g/mol. The lowest BCUT2D eigenvalue weighted by Crippen LogP contribution is -2.12. The number of nitrogen functional groups attached to an aromatic ring is 1. The van der Waals surface area contributed by atoms with Gasteiger partial charge in [0, 0.05) is 18.9 Å². The lowest BCUT2D eigenvalue weighted by atomic mass is 10.2. The van der Waals surface area contributed by atoms with Gasteiger partial charge >= 0.3 is 5.97 Å². The fraction of sp³-hybridized carbons (Fsp3) is 0.462. The van der Waals surface area contributed by atoms with Crippen molar-refractivity contribution < 1.29 is 23.7 Å². The van der Waals surface area contributed by atoms with E-state index in [2.05, 4.69) is 4.74 Å². The number of hydrogen-bond acceptors (Lipinski definition) is 6. The summed E-state index contributed by atoms with van der Waals surface area (Å²) in [6, 6.07) is 4.78. The van der Waals surface area contributed by atoms with Crippen LogP contribution in [0.3, 0.4) is 0 Å². The summed E-state index contributed by atoms with van der Waals surface area (Å²) in [5.74, 6) is -0.0718. The van der Waals surface area contributed by atoms with Gasteiger partial charge in [-0.3, -0.25) is 0 Å². The third-order valence-corrected chi connectivity index (χ3v) is 2.33. The molecule has 0 spiro atoms. The molecule has 0 aliphatic carbocycles. The highest BCUT2D eigenvalue weighted by Crippen LogP contribution is 2.22. The molecule has 0 saturated carbocycles. The normalized spacial score (nSPS) is 10.2. The maximum absolute atomic E-state index is 11.5. The number of ether oxygens (including phenoxy) is 4. The molecular formula is C13H19NO5. The summed E-state index contributed by atoms with van der Waals surface area (Å²) in [6.07, 6.45) is 0. The lowest BCUT2D eigenvalue weighted by Gasteiger charge is -2.11. The molecule has 0 heterocycles. The van der Waals surface area contributed by atoms with Gasteiger partial charge in [0.2, 0.25) is 0 Å². The summed E-state index contributed by atoms with van der Waals surface area (Å²) >= 11 is 0. The van der Waals surface area contributed by atoms with Crippen LogP contribution in [-0.2, 0) is 14.2 Å². The van der Waals surface area contributed by atoms with E-state index in [1.807, 2.05) is 0 Å². The number of methoxy groups -OCH3 is 2. The Labute approximate surface area is 112 Å². The first-order valence-corrected chi connectivity index (χ1v) is 5.86. The average Bonchev–Trinajstić information content (AvgIpc) is 2.42. The maximum atomic E-state index is 11.5. The molecule has 0 aliphatic rings. The minimum absolute atomic E-state index is 0.317. The number of rotatable bonds is 8. The topological polar surface area (TPSA) is 80.0 Å². The van der Waals surface area contributed by atoms with Crippen molar-refractivity contribution in [2.45, 2.75) is 0 Å². The van der Waals surface area contributed by atoms with Crippen LogP contribution >= 0.6 is 0 Å². The van der Waals surface area contributed by atoms with Gasteiger partial charge in [-0.1, -0.05) is 0 Å². The Morgan fingerprint density at radius 2 is 1.89 bits per heavy atom. The van der Waals surface area contributed by atoms with Gasteiger partial charge in [0.05, 0.1) is 26.9 Å². The van der Waals surface area contributed by atoms with Gasteiger partial charge in [-0.05, 0) is 12.1 Å². The van der Waals surface area contributed by atoms with Crippen LogP contribution in [-0.4, -0.2) is 46.6 Å². The second-order valence-corrected chi connectivity index (χ2v) is 3.70. The molecule has 0 amide bonds. The molecule has 0 bridgehead atoms. The van der Waals surface area contributed by atoms with E-state index in [0.29, 0.717) is 43.4 Å². The van der Waals surface area contributed by atoms with Crippen LogP contribution in [0.5, 0.6) is 5.75 Å². The molecule has 0 atom stereocenters. The van der Waals surface area contributed by atoms with Gasteiger partial charge in [0.1, 0.15) is 17.9 Å². The Hall–Kier alpha value is -1.79. The monoisotopic (exact) mass is 269 g/mol. The molecule has 0 unspecified atom stereocenters. The van der Waals surface area contributed by atoms with Crippen LogP contribution in [0.2, 0.25) is 0 Å². The van der Waals surface area contributed by atoms with Crippen LogP contribution < -0.4 is 10.5 Å². The van der Waals surface area contributed by atoms with Gasteiger partial charge in [-0.2, -0.15) is 0 Å². The van der Waals surface area contributed by atoms with Crippen molar-refractivity contribution >= 4 is 11.7 Å². The standard InChI is InChI=1S/C13H19NO5/c1-16-5-6-18-7-8-19-12-9-10(14)3-4-11(12)13(15)17-2/h3-4,9H,5-8,14H2,1-2H3. The van der Waals surface area contributed by atoms with Crippen LogP contribution in [0.25, 0.3) is 0 Å². The quantitative estimate of drug-likeness (QED) is 0.432. The first-order chi connectivity index (χ1) is 9.19. The Morgan fingerprint density at radius 1 is 1.16 bits per heavy atom. The van der Waals surface area contributed by atoms with Gasteiger partial charge < -0.3 is 24.7 Å². The smallest absolute Gasteiger partial charge is 0.341 e. The number of benzene rings is 1. The van der Waals surface area contributed by atoms with Crippen molar-refractivity contribution in [3.63, 3.8) is 0 Å². The number of anilines is 1. The first kappa shape index (κ1) is 15.3. The van der Waals surface area contributed by atoms with Crippen molar-refractivity contribution in [2.24, 2.45) is 0 Å². The molecule has 1 rings (SSSR count). The number of carbonyl (C=O) groups excluding carboxylic acids is 1. The molecule has 2 N–H and O–H groups in total.